The minimum atomic E-state index is 0.389. The molecule has 158 valence electrons. The molecule has 0 spiro atoms. The average molecular weight is 407 g/mol. The van der Waals surface area contributed by atoms with Gasteiger partial charge in [0.25, 0.3) is 0 Å². The molecule has 1 aliphatic heterocycles. The number of oxazole rings is 1. The van der Waals surface area contributed by atoms with Crippen molar-refractivity contribution in [3.8, 4) is 11.3 Å². The lowest BCUT2D eigenvalue weighted by Crippen LogP contribution is -2.49. The summed E-state index contributed by atoms with van der Waals surface area (Å²) in [5.41, 5.74) is 2.26. The summed E-state index contributed by atoms with van der Waals surface area (Å²) < 4.78 is 8.16. The van der Waals surface area contributed by atoms with Gasteiger partial charge in [-0.1, -0.05) is 36.8 Å². The fourth-order valence-electron chi connectivity index (χ4n) is 3.90. The molecule has 3 aromatic rings. The minimum Gasteiger partial charge on any atom is -0.439 e. The van der Waals surface area contributed by atoms with E-state index in [4.69, 9.17) is 9.41 Å². The van der Waals surface area contributed by atoms with Crippen LogP contribution in [0.25, 0.3) is 11.3 Å². The maximum absolute atomic E-state index is 5.95. The zero-order chi connectivity index (χ0) is 20.9. The van der Waals surface area contributed by atoms with E-state index in [1.54, 1.807) is 6.20 Å². The van der Waals surface area contributed by atoms with Crippen molar-refractivity contribution >= 4 is 5.96 Å². The highest BCUT2D eigenvalue weighted by Crippen LogP contribution is 2.27. The van der Waals surface area contributed by atoms with E-state index in [1.165, 1.54) is 5.56 Å². The van der Waals surface area contributed by atoms with Crippen LogP contribution >= 0.6 is 0 Å². The van der Waals surface area contributed by atoms with Gasteiger partial charge in [0, 0.05) is 37.6 Å². The highest BCUT2D eigenvalue weighted by Gasteiger charge is 2.29. The number of guanidine groups is 1. The standard InChI is InChI=1S/C23H30N6O/c1-4-25-23(28-11-9-18(3)20(15-28)29-12-10-24-16-29)27-14-22-26-13-21(30-22)19-7-5-17(2)6-8-19/h5-8,10,12-13,16,18,20H,4,9,11,14-15H2,1-3H3,(H,25,27). The predicted octanol–water partition coefficient (Wildman–Crippen LogP) is 3.90. The van der Waals surface area contributed by atoms with Gasteiger partial charge in [-0.2, -0.15) is 0 Å². The molecular weight excluding hydrogens is 376 g/mol. The van der Waals surface area contributed by atoms with E-state index in [1.807, 2.05) is 18.7 Å². The number of nitrogens with zero attached hydrogens (tertiary/aromatic N) is 5. The highest BCUT2D eigenvalue weighted by molar-refractivity contribution is 5.80. The summed E-state index contributed by atoms with van der Waals surface area (Å²) in [6, 6.07) is 8.65. The van der Waals surface area contributed by atoms with Gasteiger partial charge in [0.2, 0.25) is 5.89 Å². The first-order valence-corrected chi connectivity index (χ1v) is 10.7. The van der Waals surface area contributed by atoms with Crippen LogP contribution in [0.4, 0.5) is 0 Å². The van der Waals surface area contributed by atoms with Crippen LogP contribution in [0, 0.1) is 12.8 Å². The highest BCUT2D eigenvalue weighted by atomic mass is 16.4. The number of likely N-dealkylation sites (tertiary alicyclic amines) is 1. The number of aromatic nitrogens is 3. The summed E-state index contributed by atoms with van der Waals surface area (Å²) in [6.07, 6.45) is 8.70. The van der Waals surface area contributed by atoms with Crippen LogP contribution in [-0.4, -0.2) is 45.0 Å². The van der Waals surface area contributed by atoms with Gasteiger partial charge >= 0.3 is 0 Å². The molecule has 1 saturated heterocycles. The van der Waals surface area contributed by atoms with Gasteiger partial charge in [-0.15, -0.1) is 0 Å². The molecule has 2 atom stereocenters. The van der Waals surface area contributed by atoms with Crippen LogP contribution in [0.5, 0.6) is 0 Å². The minimum absolute atomic E-state index is 0.389. The smallest absolute Gasteiger partial charge is 0.216 e. The molecule has 4 rings (SSSR count). The number of aliphatic imine (C=N–C) groups is 1. The molecule has 3 heterocycles. The van der Waals surface area contributed by atoms with E-state index >= 15 is 0 Å². The molecular formula is C23H30N6O. The Hall–Kier alpha value is -3.09. The van der Waals surface area contributed by atoms with Gasteiger partial charge < -0.3 is 19.2 Å². The van der Waals surface area contributed by atoms with Crippen molar-refractivity contribution in [3.63, 3.8) is 0 Å². The van der Waals surface area contributed by atoms with Gasteiger partial charge in [0.05, 0.1) is 18.6 Å². The van der Waals surface area contributed by atoms with Gasteiger partial charge in [0.15, 0.2) is 11.7 Å². The van der Waals surface area contributed by atoms with Crippen molar-refractivity contribution in [2.24, 2.45) is 10.9 Å². The number of benzene rings is 1. The summed E-state index contributed by atoms with van der Waals surface area (Å²) >= 11 is 0. The van der Waals surface area contributed by atoms with E-state index in [2.05, 4.69) is 69.8 Å². The van der Waals surface area contributed by atoms with Crippen LogP contribution in [0.3, 0.4) is 0 Å². The third kappa shape index (κ3) is 4.56. The second-order valence-electron chi connectivity index (χ2n) is 7.94. The Labute approximate surface area is 177 Å². The molecule has 1 aromatic carbocycles. The van der Waals surface area contributed by atoms with Gasteiger partial charge in [-0.25, -0.2) is 15.0 Å². The van der Waals surface area contributed by atoms with Crippen LogP contribution in [0.15, 0.2) is 58.6 Å². The molecule has 1 aliphatic rings. The lowest BCUT2D eigenvalue weighted by Gasteiger charge is -2.39. The normalized spacial score (nSPS) is 19.8. The summed E-state index contributed by atoms with van der Waals surface area (Å²) in [6.45, 7) is 9.60. The maximum Gasteiger partial charge on any atom is 0.216 e. The van der Waals surface area contributed by atoms with E-state index in [0.29, 0.717) is 24.4 Å². The average Bonchev–Trinajstić information content (AvgIpc) is 3.45. The first-order chi connectivity index (χ1) is 14.6. The fourth-order valence-corrected chi connectivity index (χ4v) is 3.90. The summed E-state index contributed by atoms with van der Waals surface area (Å²) in [7, 11) is 0. The van der Waals surface area contributed by atoms with Crippen molar-refractivity contribution in [2.75, 3.05) is 19.6 Å². The molecule has 2 unspecified atom stereocenters. The second kappa shape index (κ2) is 9.15. The lowest BCUT2D eigenvalue weighted by atomic mass is 9.93. The molecule has 0 saturated carbocycles. The molecule has 2 aromatic heterocycles. The topological polar surface area (TPSA) is 71.5 Å². The Morgan fingerprint density at radius 1 is 1.30 bits per heavy atom. The first-order valence-electron chi connectivity index (χ1n) is 10.7. The quantitative estimate of drug-likeness (QED) is 0.514. The van der Waals surface area contributed by atoms with E-state index < -0.39 is 0 Å². The molecule has 0 bridgehead atoms. The third-order valence-electron chi connectivity index (χ3n) is 5.71. The van der Waals surface area contributed by atoms with Crippen LogP contribution in [0.1, 0.15) is 37.8 Å². The van der Waals surface area contributed by atoms with Gasteiger partial charge in [0.1, 0.15) is 6.54 Å². The Morgan fingerprint density at radius 3 is 2.87 bits per heavy atom. The number of nitrogens with one attached hydrogen (secondary N) is 1. The number of hydrogen-bond acceptors (Lipinski definition) is 4. The Balaban J connectivity index is 1.47. The third-order valence-corrected chi connectivity index (χ3v) is 5.71. The van der Waals surface area contributed by atoms with Crippen LogP contribution in [0.2, 0.25) is 0 Å². The molecule has 1 N–H and O–H groups in total. The monoisotopic (exact) mass is 406 g/mol. The van der Waals surface area contributed by atoms with Crippen molar-refractivity contribution < 1.29 is 4.42 Å². The van der Waals surface area contributed by atoms with E-state index in [0.717, 1.165) is 43.3 Å². The number of rotatable bonds is 5. The van der Waals surface area contributed by atoms with Crippen molar-refractivity contribution in [1.82, 2.24) is 24.8 Å². The predicted molar refractivity (Wildman–Crippen MR) is 118 cm³/mol. The largest absolute Gasteiger partial charge is 0.439 e. The molecule has 0 aliphatic carbocycles. The molecule has 7 nitrogen and oxygen atoms in total. The molecule has 0 radical (unpaired) electrons. The van der Waals surface area contributed by atoms with Gasteiger partial charge in [-0.05, 0) is 26.2 Å². The number of piperidine rings is 1. The first kappa shape index (κ1) is 20.2. The second-order valence-corrected chi connectivity index (χ2v) is 7.94. The van der Waals surface area contributed by atoms with Crippen molar-refractivity contribution in [2.45, 2.75) is 39.8 Å². The fraction of sp³-hybridized carbons (Fsp3) is 0.435. The Morgan fingerprint density at radius 2 is 2.13 bits per heavy atom. The van der Waals surface area contributed by atoms with Crippen molar-refractivity contribution in [1.29, 1.82) is 0 Å². The molecule has 7 heteroatoms. The number of hydrogen-bond donors (Lipinski definition) is 1. The number of imidazole rings is 1. The summed E-state index contributed by atoms with van der Waals surface area (Å²) in [5.74, 6) is 2.90. The van der Waals surface area contributed by atoms with E-state index in [9.17, 15) is 0 Å². The molecule has 30 heavy (non-hydrogen) atoms. The van der Waals surface area contributed by atoms with Crippen LogP contribution in [-0.2, 0) is 6.54 Å². The lowest BCUT2D eigenvalue weighted by molar-refractivity contribution is 0.189. The molecule has 0 amide bonds. The Kier molecular flexibility index (Phi) is 6.16. The Bertz CT molecular complexity index is 960. The SMILES string of the molecule is CCNC(=NCc1ncc(-c2ccc(C)cc2)o1)N1CCC(C)C(n2ccnc2)C1. The maximum atomic E-state index is 5.95. The number of aryl methyl sites for hydroxylation is 1. The van der Waals surface area contributed by atoms with Crippen molar-refractivity contribution in [3.05, 3.63) is 60.6 Å². The van der Waals surface area contributed by atoms with E-state index in [-0.39, 0.29) is 0 Å². The zero-order valence-electron chi connectivity index (χ0n) is 18.0. The van der Waals surface area contributed by atoms with Crippen LogP contribution < -0.4 is 5.32 Å². The zero-order valence-corrected chi connectivity index (χ0v) is 18.0. The van der Waals surface area contributed by atoms with Gasteiger partial charge in [-0.3, -0.25) is 0 Å². The summed E-state index contributed by atoms with van der Waals surface area (Å²) in [4.78, 5) is 15.8. The molecule has 1 fully saturated rings. The summed E-state index contributed by atoms with van der Waals surface area (Å²) in [5, 5.41) is 3.43.